The Kier molecular flexibility index (Phi) is 4.85. The van der Waals surface area contributed by atoms with Crippen molar-refractivity contribution >= 4 is 17.5 Å². The van der Waals surface area contributed by atoms with Crippen LogP contribution < -0.4 is 15.1 Å². The van der Waals surface area contributed by atoms with E-state index in [0.717, 1.165) is 50.6 Å². The molecule has 1 aromatic heterocycles. The number of rotatable bonds is 5. The Labute approximate surface area is 135 Å². The van der Waals surface area contributed by atoms with Crippen molar-refractivity contribution in [1.29, 1.82) is 0 Å². The summed E-state index contributed by atoms with van der Waals surface area (Å²) in [6.07, 6.45) is 2.72. The van der Waals surface area contributed by atoms with E-state index in [0.29, 0.717) is 5.95 Å². The summed E-state index contributed by atoms with van der Waals surface area (Å²) in [6, 6.07) is 6.65. The predicted molar refractivity (Wildman–Crippen MR) is 89.4 cm³/mol. The minimum atomic E-state index is -0.202. The lowest BCUT2D eigenvalue weighted by Gasteiger charge is -2.36. The van der Waals surface area contributed by atoms with Crippen LogP contribution in [0.15, 0.2) is 30.5 Å². The zero-order valence-electron chi connectivity index (χ0n) is 13.2. The molecular weight excluding hydrogens is 295 g/mol. The van der Waals surface area contributed by atoms with Gasteiger partial charge in [-0.05, 0) is 30.7 Å². The first-order chi connectivity index (χ1) is 11.3. The molecule has 23 heavy (non-hydrogen) atoms. The van der Waals surface area contributed by atoms with Gasteiger partial charge in [0.2, 0.25) is 5.95 Å². The molecule has 0 bridgehead atoms. The molecule has 2 aromatic rings. The van der Waals surface area contributed by atoms with Gasteiger partial charge in [0, 0.05) is 38.4 Å². The van der Waals surface area contributed by atoms with E-state index >= 15 is 0 Å². The van der Waals surface area contributed by atoms with Crippen LogP contribution in [0.2, 0.25) is 0 Å². The van der Waals surface area contributed by atoms with E-state index in [1.54, 1.807) is 6.20 Å². The van der Waals surface area contributed by atoms with Crippen LogP contribution in [0.4, 0.5) is 21.8 Å². The van der Waals surface area contributed by atoms with E-state index in [4.69, 9.17) is 0 Å². The third kappa shape index (κ3) is 3.85. The Morgan fingerprint density at radius 1 is 1.09 bits per heavy atom. The Bertz CT molecular complexity index is 625. The summed E-state index contributed by atoms with van der Waals surface area (Å²) in [5.41, 5.74) is 1.05. The van der Waals surface area contributed by atoms with Crippen LogP contribution >= 0.6 is 0 Å². The molecule has 2 heterocycles. The maximum atomic E-state index is 13.0. The van der Waals surface area contributed by atoms with Crippen LogP contribution in [-0.2, 0) is 0 Å². The summed E-state index contributed by atoms with van der Waals surface area (Å²) in [6.45, 7) is 6.37. The van der Waals surface area contributed by atoms with Crippen LogP contribution in [0, 0.1) is 5.82 Å². The number of hydrogen-bond donors (Lipinski definition) is 1. The maximum Gasteiger partial charge on any atom is 0.244 e. The second-order valence-corrected chi connectivity index (χ2v) is 5.52. The number of benzene rings is 1. The third-order valence-electron chi connectivity index (χ3n) is 3.87. The molecule has 6 nitrogen and oxygen atoms in total. The van der Waals surface area contributed by atoms with Gasteiger partial charge in [0.15, 0.2) is 5.82 Å². The lowest BCUT2D eigenvalue weighted by Crippen LogP contribution is -2.47. The van der Waals surface area contributed by atoms with Crippen molar-refractivity contribution in [3.05, 3.63) is 36.3 Å². The summed E-state index contributed by atoms with van der Waals surface area (Å²) in [7, 11) is 0. The van der Waals surface area contributed by atoms with E-state index in [1.807, 2.05) is 12.1 Å². The summed E-state index contributed by atoms with van der Waals surface area (Å²) in [5, 5.41) is 11.2. The highest BCUT2D eigenvalue weighted by Gasteiger charge is 2.19. The fourth-order valence-electron chi connectivity index (χ4n) is 2.60. The fourth-order valence-corrected chi connectivity index (χ4v) is 2.60. The first kappa shape index (κ1) is 15.5. The van der Waals surface area contributed by atoms with Crippen molar-refractivity contribution in [2.45, 2.75) is 13.3 Å². The van der Waals surface area contributed by atoms with Gasteiger partial charge >= 0.3 is 0 Å². The number of halogens is 1. The minimum Gasteiger partial charge on any atom is -0.368 e. The zero-order valence-corrected chi connectivity index (χ0v) is 13.2. The summed E-state index contributed by atoms with van der Waals surface area (Å²) in [4.78, 5) is 8.97. The molecule has 122 valence electrons. The van der Waals surface area contributed by atoms with Gasteiger partial charge < -0.3 is 15.1 Å². The predicted octanol–water partition coefficient (Wildman–Crippen LogP) is 2.16. The van der Waals surface area contributed by atoms with Gasteiger partial charge in [-0.15, -0.1) is 5.10 Å². The van der Waals surface area contributed by atoms with Crippen LogP contribution in [0.25, 0.3) is 0 Å². The molecule has 0 amide bonds. The summed E-state index contributed by atoms with van der Waals surface area (Å²) < 4.78 is 13.0. The number of hydrogen-bond acceptors (Lipinski definition) is 6. The van der Waals surface area contributed by atoms with E-state index in [2.05, 4.69) is 37.2 Å². The lowest BCUT2D eigenvalue weighted by atomic mass is 10.2. The quantitative estimate of drug-likeness (QED) is 0.912. The van der Waals surface area contributed by atoms with Gasteiger partial charge in [-0.2, -0.15) is 10.1 Å². The van der Waals surface area contributed by atoms with Crippen LogP contribution in [0.1, 0.15) is 13.3 Å². The molecular formula is C16H21FN6. The molecule has 0 radical (unpaired) electrons. The van der Waals surface area contributed by atoms with Crippen LogP contribution in [0.3, 0.4) is 0 Å². The average molecular weight is 316 g/mol. The number of piperazine rings is 1. The van der Waals surface area contributed by atoms with Gasteiger partial charge in [-0.3, -0.25) is 0 Å². The van der Waals surface area contributed by atoms with Gasteiger partial charge in [-0.1, -0.05) is 6.92 Å². The maximum absolute atomic E-state index is 13.0. The Morgan fingerprint density at radius 3 is 2.48 bits per heavy atom. The molecule has 1 aromatic carbocycles. The van der Waals surface area contributed by atoms with E-state index in [-0.39, 0.29) is 5.82 Å². The van der Waals surface area contributed by atoms with Crippen LogP contribution in [0.5, 0.6) is 0 Å². The molecule has 0 aliphatic carbocycles. The second-order valence-electron chi connectivity index (χ2n) is 5.52. The molecule has 1 aliphatic rings. The molecule has 0 unspecified atom stereocenters. The highest BCUT2D eigenvalue weighted by atomic mass is 19.1. The monoisotopic (exact) mass is 316 g/mol. The minimum absolute atomic E-state index is 0.202. The first-order valence-electron chi connectivity index (χ1n) is 7.95. The standard InChI is InChI=1S/C16H21FN6/c1-2-7-18-16-20-15(12-19-21-16)23-10-8-22(9-11-23)14-5-3-13(17)4-6-14/h3-6,12H,2,7-11H2,1H3,(H,18,20,21). The summed E-state index contributed by atoms with van der Waals surface area (Å²) in [5.74, 6) is 1.22. The smallest absolute Gasteiger partial charge is 0.244 e. The topological polar surface area (TPSA) is 57.2 Å². The van der Waals surface area contributed by atoms with Gasteiger partial charge in [0.05, 0.1) is 6.20 Å². The fraction of sp³-hybridized carbons (Fsp3) is 0.438. The first-order valence-corrected chi connectivity index (χ1v) is 7.95. The molecule has 3 rings (SSSR count). The third-order valence-corrected chi connectivity index (χ3v) is 3.87. The van der Waals surface area contributed by atoms with Crippen molar-refractivity contribution in [3.8, 4) is 0 Å². The number of anilines is 3. The van der Waals surface area contributed by atoms with Crippen molar-refractivity contribution in [3.63, 3.8) is 0 Å². The molecule has 1 fully saturated rings. The van der Waals surface area contributed by atoms with Crippen molar-refractivity contribution in [2.75, 3.05) is 47.8 Å². The Hall–Kier alpha value is -2.44. The molecule has 0 spiro atoms. The van der Waals surface area contributed by atoms with E-state index in [9.17, 15) is 4.39 Å². The zero-order chi connectivity index (χ0) is 16.1. The van der Waals surface area contributed by atoms with Gasteiger partial charge in [0.25, 0.3) is 0 Å². The second kappa shape index (κ2) is 7.21. The Morgan fingerprint density at radius 2 is 1.78 bits per heavy atom. The number of aromatic nitrogens is 3. The molecule has 7 heteroatoms. The number of nitrogens with zero attached hydrogens (tertiary/aromatic N) is 5. The molecule has 1 aliphatic heterocycles. The molecule has 1 N–H and O–H groups in total. The normalized spacial score (nSPS) is 14.9. The summed E-state index contributed by atoms with van der Waals surface area (Å²) >= 11 is 0. The molecule has 0 saturated carbocycles. The molecule has 0 atom stereocenters. The lowest BCUT2D eigenvalue weighted by molar-refractivity contribution is 0.624. The van der Waals surface area contributed by atoms with Gasteiger partial charge in [0.1, 0.15) is 5.82 Å². The van der Waals surface area contributed by atoms with Gasteiger partial charge in [-0.25, -0.2) is 4.39 Å². The largest absolute Gasteiger partial charge is 0.368 e. The van der Waals surface area contributed by atoms with E-state index < -0.39 is 0 Å². The van der Waals surface area contributed by atoms with Crippen molar-refractivity contribution in [1.82, 2.24) is 15.2 Å². The van der Waals surface area contributed by atoms with E-state index in [1.165, 1.54) is 12.1 Å². The highest BCUT2D eigenvalue weighted by molar-refractivity contribution is 5.49. The average Bonchev–Trinajstić information content (AvgIpc) is 2.61. The number of nitrogens with one attached hydrogen (secondary N) is 1. The van der Waals surface area contributed by atoms with Crippen LogP contribution in [-0.4, -0.2) is 47.9 Å². The van der Waals surface area contributed by atoms with Crippen molar-refractivity contribution < 1.29 is 4.39 Å². The molecule has 1 saturated heterocycles. The SMILES string of the molecule is CCCNc1nncc(N2CCN(c3ccc(F)cc3)CC2)n1. The van der Waals surface area contributed by atoms with Crippen molar-refractivity contribution in [2.24, 2.45) is 0 Å². The Balaban J connectivity index is 1.61. The highest BCUT2D eigenvalue weighted by Crippen LogP contribution is 2.19.